The standard InChI is InChI=1S/C17H18N2O2/c1-19(12-13-5-3-2-4-6-13)17(20)18-15-7-8-16-14(11-15)9-10-21-16/h2-8,11H,9-10,12H2,1H3,(H,18,20). The van der Waals surface area contributed by atoms with Gasteiger partial charge in [0, 0.05) is 25.7 Å². The maximum atomic E-state index is 12.2. The van der Waals surface area contributed by atoms with Gasteiger partial charge in [0.2, 0.25) is 0 Å². The summed E-state index contributed by atoms with van der Waals surface area (Å²) in [6.45, 7) is 1.31. The molecule has 0 saturated carbocycles. The van der Waals surface area contributed by atoms with Gasteiger partial charge < -0.3 is 15.0 Å². The molecule has 1 aliphatic heterocycles. The van der Waals surface area contributed by atoms with E-state index in [9.17, 15) is 4.79 Å². The molecule has 1 heterocycles. The highest BCUT2D eigenvalue weighted by Gasteiger charge is 2.14. The Labute approximate surface area is 124 Å². The summed E-state index contributed by atoms with van der Waals surface area (Å²) in [6, 6.07) is 15.6. The van der Waals surface area contributed by atoms with Crippen molar-refractivity contribution in [3.8, 4) is 5.75 Å². The predicted octanol–water partition coefficient (Wildman–Crippen LogP) is 3.29. The summed E-state index contributed by atoms with van der Waals surface area (Å²) in [7, 11) is 1.79. The molecular weight excluding hydrogens is 264 g/mol. The fourth-order valence-corrected chi connectivity index (χ4v) is 2.41. The van der Waals surface area contributed by atoms with Crippen LogP contribution in [0.3, 0.4) is 0 Å². The van der Waals surface area contributed by atoms with Gasteiger partial charge in [0.05, 0.1) is 6.61 Å². The first-order chi connectivity index (χ1) is 10.2. The van der Waals surface area contributed by atoms with Crippen molar-refractivity contribution < 1.29 is 9.53 Å². The van der Waals surface area contributed by atoms with E-state index < -0.39 is 0 Å². The molecule has 3 rings (SSSR count). The zero-order valence-corrected chi connectivity index (χ0v) is 12.0. The Bertz CT molecular complexity index is 640. The van der Waals surface area contributed by atoms with Gasteiger partial charge in [-0.1, -0.05) is 30.3 Å². The molecule has 0 radical (unpaired) electrons. The lowest BCUT2D eigenvalue weighted by Gasteiger charge is -2.18. The first-order valence-electron chi connectivity index (χ1n) is 7.04. The molecule has 108 valence electrons. The molecule has 4 nitrogen and oxygen atoms in total. The van der Waals surface area contributed by atoms with Gasteiger partial charge in [0.1, 0.15) is 5.75 Å². The fourth-order valence-electron chi connectivity index (χ4n) is 2.41. The van der Waals surface area contributed by atoms with Crippen LogP contribution in [0.25, 0.3) is 0 Å². The summed E-state index contributed by atoms with van der Waals surface area (Å²) >= 11 is 0. The Morgan fingerprint density at radius 2 is 2.05 bits per heavy atom. The van der Waals surface area contributed by atoms with E-state index >= 15 is 0 Å². The predicted molar refractivity (Wildman–Crippen MR) is 82.6 cm³/mol. The molecule has 4 heteroatoms. The minimum absolute atomic E-state index is 0.113. The number of carbonyl (C=O) groups excluding carboxylic acids is 1. The molecule has 0 atom stereocenters. The Hall–Kier alpha value is -2.49. The highest BCUT2D eigenvalue weighted by molar-refractivity contribution is 5.89. The number of nitrogens with zero attached hydrogens (tertiary/aromatic N) is 1. The lowest BCUT2D eigenvalue weighted by Crippen LogP contribution is -2.30. The number of anilines is 1. The van der Waals surface area contributed by atoms with Gasteiger partial charge in [-0.25, -0.2) is 4.79 Å². The second-order valence-electron chi connectivity index (χ2n) is 5.19. The quantitative estimate of drug-likeness (QED) is 0.938. The number of nitrogens with one attached hydrogen (secondary N) is 1. The number of carbonyl (C=O) groups is 1. The van der Waals surface area contributed by atoms with Crippen LogP contribution in [-0.4, -0.2) is 24.6 Å². The molecule has 0 aromatic heterocycles. The summed E-state index contributed by atoms with van der Waals surface area (Å²) < 4.78 is 5.46. The lowest BCUT2D eigenvalue weighted by atomic mass is 10.1. The van der Waals surface area contributed by atoms with Crippen molar-refractivity contribution in [3.05, 3.63) is 59.7 Å². The van der Waals surface area contributed by atoms with Gasteiger partial charge in [-0.15, -0.1) is 0 Å². The molecule has 0 spiro atoms. The third-order valence-corrected chi connectivity index (χ3v) is 3.55. The van der Waals surface area contributed by atoms with Gasteiger partial charge in [-0.05, 0) is 29.3 Å². The van der Waals surface area contributed by atoms with Gasteiger partial charge in [-0.2, -0.15) is 0 Å². The van der Waals surface area contributed by atoms with Crippen LogP contribution in [-0.2, 0) is 13.0 Å². The van der Waals surface area contributed by atoms with E-state index in [1.54, 1.807) is 11.9 Å². The number of benzene rings is 2. The maximum absolute atomic E-state index is 12.2. The molecular formula is C17H18N2O2. The molecule has 0 aliphatic carbocycles. The van der Waals surface area contributed by atoms with E-state index in [1.165, 1.54) is 0 Å². The number of urea groups is 1. The Kier molecular flexibility index (Phi) is 3.77. The number of hydrogen-bond acceptors (Lipinski definition) is 2. The van der Waals surface area contributed by atoms with Crippen LogP contribution < -0.4 is 10.1 Å². The van der Waals surface area contributed by atoms with Crippen molar-refractivity contribution in [3.63, 3.8) is 0 Å². The first-order valence-corrected chi connectivity index (χ1v) is 7.04. The highest BCUT2D eigenvalue weighted by Crippen LogP contribution is 2.27. The summed E-state index contributed by atoms with van der Waals surface area (Å²) in [6.07, 6.45) is 0.902. The topological polar surface area (TPSA) is 41.6 Å². The smallest absolute Gasteiger partial charge is 0.321 e. The molecule has 1 aliphatic rings. The van der Waals surface area contributed by atoms with Crippen LogP contribution in [0.15, 0.2) is 48.5 Å². The summed E-state index contributed by atoms with van der Waals surface area (Å²) in [5.74, 6) is 0.922. The van der Waals surface area contributed by atoms with E-state index in [2.05, 4.69) is 5.32 Å². The number of rotatable bonds is 3. The second-order valence-corrected chi connectivity index (χ2v) is 5.19. The van der Waals surface area contributed by atoms with Crippen LogP contribution in [0.4, 0.5) is 10.5 Å². The van der Waals surface area contributed by atoms with Crippen molar-refractivity contribution in [1.82, 2.24) is 4.90 Å². The molecule has 21 heavy (non-hydrogen) atoms. The minimum atomic E-state index is -0.113. The molecule has 0 unspecified atom stereocenters. The van der Waals surface area contributed by atoms with Crippen molar-refractivity contribution in [1.29, 1.82) is 0 Å². The third kappa shape index (κ3) is 3.16. The molecule has 2 amide bonds. The largest absolute Gasteiger partial charge is 0.493 e. The Morgan fingerprint density at radius 1 is 1.24 bits per heavy atom. The van der Waals surface area contributed by atoms with Gasteiger partial charge in [0.15, 0.2) is 0 Å². The second kappa shape index (κ2) is 5.87. The molecule has 2 aromatic carbocycles. The SMILES string of the molecule is CN(Cc1ccccc1)C(=O)Nc1ccc2c(c1)CCO2. The fraction of sp³-hybridized carbons (Fsp3) is 0.235. The number of amides is 2. The Morgan fingerprint density at radius 3 is 2.86 bits per heavy atom. The average molecular weight is 282 g/mol. The van der Waals surface area contributed by atoms with Crippen LogP contribution >= 0.6 is 0 Å². The number of fused-ring (bicyclic) bond motifs is 1. The van der Waals surface area contributed by atoms with Crippen LogP contribution in [0.1, 0.15) is 11.1 Å². The first kappa shape index (κ1) is 13.5. The molecule has 0 saturated heterocycles. The van der Waals surface area contributed by atoms with E-state index in [1.807, 2.05) is 48.5 Å². The van der Waals surface area contributed by atoms with E-state index in [0.717, 1.165) is 35.6 Å². The van der Waals surface area contributed by atoms with Crippen molar-refractivity contribution in [2.75, 3.05) is 19.0 Å². The lowest BCUT2D eigenvalue weighted by molar-refractivity contribution is 0.220. The monoisotopic (exact) mass is 282 g/mol. The molecule has 1 N–H and O–H groups in total. The number of hydrogen-bond donors (Lipinski definition) is 1. The van der Waals surface area contributed by atoms with Crippen molar-refractivity contribution >= 4 is 11.7 Å². The van der Waals surface area contributed by atoms with Gasteiger partial charge >= 0.3 is 6.03 Å². The molecule has 0 fully saturated rings. The zero-order valence-electron chi connectivity index (χ0n) is 12.0. The summed E-state index contributed by atoms with van der Waals surface area (Å²) in [5, 5.41) is 2.92. The van der Waals surface area contributed by atoms with Gasteiger partial charge in [0.25, 0.3) is 0 Å². The maximum Gasteiger partial charge on any atom is 0.321 e. The van der Waals surface area contributed by atoms with Crippen LogP contribution in [0.2, 0.25) is 0 Å². The highest BCUT2D eigenvalue weighted by atomic mass is 16.5. The van der Waals surface area contributed by atoms with E-state index in [4.69, 9.17) is 4.74 Å². The van der Waals surface area contributed by atoms with Crippen molar-refractivity contribution in [2.45, 2.75) is 13.0 Å². The van der Waals surface area contributed by atoms with Crippen molar-refractivity contribution in [2.24, 2.45) is 0 Å². The molecule has 2 aromatic rings. The Balaban J connectivity index is 1.63. The van der Waals surface area contributed by atoms with Crippen LogP contribution in [0.5, 0.6) is 5.75 Å². The van der Waals surface area contributed by atoms with Crippen LogP contribution in [0, 0.1) is 0 Å². The zero-order chi connectivity index (χ0) is 14.7. The third-order valence-electron chi connectivity index (χ3n) is 3.55. The van der Waals surface area contributed by atoms with E-state index in [-0.39, 0.29) is 6.03 Å². The molecule has 0 bridgehead atoms. The average Bonchev–Trinajstić information content (AvgIpc) is 2.95. The summed E-state index contributed by atoms with van der Waals surface area (Å²) in [4.78, 5) is 13.9. The normalized spacial score (nSPS) is 12.4. The minimum Gasteiger partial charge on any atom is -0.493 e. The van der Waals surface area contributed by atoms with Gasteiger partial charge in [-0.3, -0.25) is 0 Å². The summed E-state index contributed by atoms with van der Waals surface area (Å²) in [5.41, 5.74) is 3.07. The number of ether oxygens (including phenoxy) is 1. The van der Waals surface area contributed by atoms with E-state index in [0.29, 0.717) is 6.54 Å².